The Morgan fingerprint density at radius 2 is 1.82 bits per heavy atom. The van der Waals surface area contributed by atoms with Crippen molar-refractivity contribution in [2.24, 2.45) is 5.10 Å². The van der Waals surface area contributed by atoms with Crippen LogP contribution in [0.4, 0.5) is 9.93 Å². The van der Waals surface area contributed by atoms with Crippen molar-refractivity contribution in [3.63, 3.8) is 0 Å². The van der Waals surface area contributed by atoms with Gasteiger partial charge in [-0.1, -0.05) is 79.3 Å². The maximum absolute atomic E-state index is 12.5. The van der Waals surface area contributed by atoms with E-state index >= 15 is 0 Å². The second-order valence-corrected chi connectivity index (χ2v) is 10.4. The third-order valence-corrected chi connectivity index (χ3v) is 7.57. The molecule has 38 heavy (non-hydrogen) atoms. The van der Waals surface area contributed by atoms with E-state index in [-0.39, 0.29) is 0 Å². The summed E-state index contributed by atoms with van der Waals surface area (Å²) in [6.07, 6.45) is 3.75. The lowest BCUT2D eigenvalue weighted by Crippen LogP contribution is -2.24. The summed E-state index contributed by atoms with van der Waals surface area (Å²) in [6.45, 7) is 10.1. The van der Waals surface area contributed by atoms with Crippen molar-refractivity contribution in [3.8, 4) is 0 Å². The van der Waals surface area contributed by atoms with Gasteiger partial charge in [0.1, 0.15) is 0 Å². The summed E-state index contributed by atoms with van der Waals surface area (Å²) in [5.41, 5.74) is 9.23. The van der Waals surface area contributed by atoms with Crippen LogP contribution in [0.2, 0.25) is 0 Å². The minimum atomic E-state index is -0.424. The molecule has 2 amide bonds. The first-order valence-corrected chi connectivity index (χ1v) is 13.7. The molecule has 3 aromatic carbocycles. The topological polar surface area (TPSA) is 74.6 Å². The highest BCUT2D eigenvalue weighted by atomic mass is 32.1. The van der Waals surface area contributed by atoms with E-state index in [1.165, 1.54) is 28.0 Å². The molecule has 0 saturated carbocycles. The average Bonchev–Trinajstić information content (AvgIpc) is 3.48. The molecule has 0 spiro atoms. The lowest BCUT2D eigenvalue weighted by Gasteiger charge is -2.17. The maximum Gasteiger partial charge on any atom is 0.341 e. The molecule has 0 saturated heterocycles. The van der Waals surface area contributed by atoms with Gasteiger partial charge >= 0.3 is 6.03 Å². The number of fused-ring (bicyclic) bond motifs is 2. The highest BCUT2D eigenvalue weighted by Crippen LogP contribution is 2.27. The molecule has 5 aromatic rings. The number of aryl methyl sites for hydroxylation is 1. The number of para-hydroxylation sites is 1. The normalized spacial score (nSPS) is 11.7. The van der Waals surface area contributed by atoms with Crippen molar-refractivity contribution in [3.05, 3.63) is 95.2 Å². The third kappa shape index (κ3) is 5.93. The van der Waals surface area contributed by atoms with Crippen molar-refractivity contribution >= 4 is 49.8 Å². The fraction of sp³-hybridized carbons (Fsp3) is 0.233. The predicted molar refractivity (Wildman–Crippen MR) is 158 cm³/mol. The molecule has 5 rings (SSSR count). The van der Waals surface area contributed by atoms with E-state index < -0.39 is 6.03 Å². The van der Waals surface area contributed by atoms with Crippen LogP contribution in [-0.2, 0) is 13.1 Å². The number of amides is 2. The first-order chi connectivity index (χ1) is 18.5. The van der Waals surface area contributed by atoms with Gasteiger partial charge in [0.2, 0.25) is 0 Å². The van der Waals surface area contributed by atoms with Gasteiger partial charge in [0.25, 0.3) is 0 Å². The van der Waals surface area contributed by atoms with E-state index in [4.69, 9.17) is 0 Å². The van der Waals surface area contributed by atoms with Crippen molar-refractivity contribution < 1.29 is 4.79 Å². The standard InChI is InChI=1S/C30H32N6OS/c1-4-35(5-2)18-23-14-15-26-28(16-23)38-30(32-26)33-29(37)34-31-17-24-20-36(27-9-7-6-8-25(24)27)19-22-12-10-21(3)11-13-22/h6-17,20H,4-5,18-19H2,1-3H3,(H2,32,33,34,37)/b31-17+. The minimum absolute atomic E-state index is 0.424. The van der Waals surface area contributed by atoms with E-state index in [0.717, 1.165) is 52.9 Å². The SMILES string of the molecule is CCN(CC)Cc1ccc2nc(NC(=O)N/N=C/c3cn(Cc4ccc(C)cc4)c4ccccc34)sc2c1. The molecule has 0 unspecified atom stereocenters. The molecule has 0 radical (unpaired) electrons. The number of carbonyl (C=O) groups excluding carboxylic acids is 1. The first kappa shape index (κ1) is 25.6. The number of aromatic nitrogens is 2. The lowest BCUT2D eigenvalue weighted by atomic mass is 10.1. The quantitative estimate of drug-likeness (QED) is 0.168. The Morgan fingerprint density at radius 1 is 1.05 bits per heavy atom. The monoisotopic (exact) mass is 524 g/mol. The highest BCUT2D eigenvalue weighted by Gasteiger charge is 2.10. The number of hydrogen-bond acceptors (Lipinski definition) is 5. The van der Waals surface area contributed by atoms with Gasteiger partial charge in [-0.3, -0.25) is 10.2 Å². The van der Waals surface area contributed by atoms with Gasteiger partial charge in [-0.05, 0) is 49.3 Å². The van der Waals surface area contributed by atoms with Crippen molar-refractivity contribution in [1.82, 2.24) is 19.9 Å². The van der Waals surface area contributed by atoms with Crippen LogP contribution in [0.3, 0.4) is 0 Å². The van der Waals surface area contributed by atoms with E-state index in [0.29, 0.717) is 5.13 Å². The van der Waals surface area contributed by atoms with Crippen LogP contribution >= 0.6 is 11.3 Å². The molecule has 0 bridgehead atoms. The number of anilines is 1. The second-order valence-electron chi connectivity index (χ2n) is 9.32. The number of nitrogens with one attached hydrogen (secondary N) is 2. The van der Waals surface area contributed by atoms with Crippen LogP contribution in [0, 0.1) is 6.92 Å². The molecular weight excluding hydrogens is 492 g/mol. The van der Waals surface area contributed by atoms with Crippen molar-refractivity contribution in [1.29, 1.82) is 0 Å². The summed E-state index contributed by atoms with van der Waals surface area (Å²) >= 11 is 1.46. The summed E-state index contributed by atoms with van der Waals surface area (Å²) < 4.78 is 3.26. The number of nitrogens with zero attached hydrogens (tertiary/aromatic N) is 4. The first-order valence-electron chi connectivity index (χ1n) is 12.9. The van der Waals surface area contributed by atoms with Crippen LogP contribution < -0.4 is 10.7 Å². The molecule has 8 heteroatoms. The number of urea groups is 1. The molecule has 2 aromatic heterocycles. The number of hydrazone groups is 1. The van der Waals surface area contributed by atoms with Gasteiger partial charge in [0.15, 0.2) is 5.13 Å². The van der Waals surface area contributed by atoms with E-state index in [9.17, 15) is 4.79 Å². The molecule has 0 aliphatic rings. The van der Waals surface area contributed by atoms with Crippen molar-refractivity contribution in [2.45, 2.75) is 33.9 Å². The molecule has 194 valence electrons. The Labute approximate surface area is 226 Å². The smallest absolute Gasteiger partial charge is 0.341 e. The van der Waals surface area contributed by atoms with Gasteiger partial charge in [0.05, 0.1) is 16.4 Å². The number of benzene rings is 3. The Balaban J connectivity index is 1.25. The fourth-order valence-electron chi connectivity index (χ4n) is 4.51. The third-order valence-electron chi connectivity index (χ3n) is 6.64. The second kappa shape index (κ2) is 11.6. The lowest BCUT2D eigenvalue weighted by molar-refractivity contribution is 0.252. The average molecular weight is 525 g/mol. The highest BCUT2D eigenvalue weighted by molar-refractivity contribution is 7.22. The molecule has 0 aliphatic heterocycles. The number of carbonyl (C=O) groups is 1. The van der Waals surface area contributed by atoms with E-state index in [1.807, 2.05) is 18.2 Å². The largest absolute Gasteiger partial charge is 0.342 e. The number of hydrogen-bond donors (Lipinski definition) is 2. The summed E-state index contributed by atoms with van der Waals surface area (Å²) in [7, 11) is 0. The number of thiazole rings is 1. The zero-order chi connectivity index (χ0) is 26.5. The summed E-state index contributed by atoms with van der Waals surface area (Å²) in [6, 6.07) is 22.6. The Kier molecular flexibility index (Phi) is 7.81. The Hall–Kier alpha value is -4.01. The summed E-state index contributed by atoms with van der Waals surface area (Å²) in [4.78, 5) is 19.4. The van der Waals surface area contributed by atoms with Gasteiger partial charge in [-0.2, -0.15) is 5.10 Å². The summed E-state index contributed by atoms with van der Waals surface area (Å²) in [5, 5.41) is 8.64. The van der Waals surface area contributed by atoms with Crippen LogP contribution in [-0.4, -0.2) is 39.8 Å². The predicted octanol–water partition coefficient (Wildman–Crippen LogP) is 6.61. The molecule has 2 N–H and O–H groups in total. The minimum Gasteiger partial charge on any atom is -0.342 e. The zero-order valence-electron chi connectivity index (χ0n) is 21.9. The van der Waals surface area contributed by atoms with Crippen LogP contribution in [0.25, 0.3) is 21.1 Å². The van der Waals surface area contributed by atoms with Gasteiger partial charge < -0.3 is 4.57 Å². The van der Waals surface area contributed by atoms with Gasteiger partial charge in [-0.15, -0.1) is 0 Å². The maximum atomic E-state index is 12.5. The molecule has 0 fully saturated rings. The molecule has 7 nitrogen and oxygen atoms in total. The van der Waals surface area contributed by atoms with Crippen LogP contribution in [0.1, 0.15) is 36.1 Å². The van der Waals surface area contributed by atoms with E-state index in [2.05, 4.69) is 106 Å². The Bertz CT molecular complexity index is 1580. The zero-order valence-corrected chi connectivity index (χ0v) is 22.8. The van der Waals surface area contributed by atoms with Gasteiger partial charge in [-0.25, -0.2) is 15.2 Å². The Morgan fingerprint density at radius 3 is 2.61 bits per heavy atom. The molecular formula is C30H32N6OS. The van der Waals surface area contributed by atoms with Crippen LogP contribution in [0.15, 0.2) is 78.0 Å². The molecule has 0 atom stereocenters. The fourth-order valence-corrected chi connectivity index (χ4v) is 5.44. The molecule has 2 heterocycles. The van der Waals surface area contributed by atoms with Gasteiger partial charge in [0, 0.05) is 35.8 Å². The van der Waals surface area contributed by atoms with Crippen molar-refractivity contribution in [2.75, 3.05) is 18.4 Å². The van der Waals surface area contributed by atoms with Crippen LogP contribution in [0.5, 0.6) is 0 Å². The molecule has 0 aliphatic carbocycles. The van der Waals surface area contributed by atoms with E-state index in [1.54, 1.807) is 6.21 Å². The number of rotatable bonds is 9. The summed E-state index contributed by atoms with van der Waals surface area (Å²) in [5.74, 6) is 0.